The molecule has 0 bridgehead atoms. The monoisotopic (exact) mass is 322 g/mol. The minimum Gasteiger partial charge on any atom is -0.392 e. The first-order valence-electron chi connectivity index (χ1n) is 9.32. The van der Waals surface area contributed by atoms with E-state index in [-0.39, 0.29) is 11.3 Å². The van der Waals surface area contributed by atoms with E-state index in [0.29, 0.717) is 24.2 Å². The van der Waals surface area contributed by atoms with Gasteiger partial charge in [0, 0.05) is 5.41 Å². The van der Waals surface area contributed by atoms with Gasteiger partial charge in [-0.3, -0.25) is 0 Å². The molecule has 0 aliphatic heterocycles. The van der Waals surface area contributed by atoms with Gasteiger partial charge in [-0.25, -0.2) is 0 Å². The average Bonchev–Trinajstić information content (AvgIpc) is 2.75. The number of aliphatic hydroxyl groups is 3. The summed E-state index contributed by atoms with van der Waals surface area (Å²) in [6.45, 7) is 11.0. The summed E-state index contributed by atoms with van der Waals surface area (Å²) in [5.41, 5.74) is 0.638. The van der Waals surface area contributed by atoms with Crippen molar-refractivity contribution in [2.45, 2.75) is 78.6 Å². The Kier molecular flexibility index (Phi) is 4.23. The zero-order valence-corrected chi connectivity index (χ0v) is 15.3. The van der Waals surface area contributed by atoms with Crippen LogP contribution in [0.2, 0.25) is 0 Å². The lowest BCUT2D eigenvalue weighted by atomic mass is 9.49. The summed E-state index contributed by atoms with van der Waals surface area (Å²) in [5.74, 6) is 1.85. The van der Waals surface area contributed by atoms with E-state index < -0.39 is 23.7 Å². The van der Waals surface area contributed by atoms with Crippen LogP contribution < -0.4 is 0 Å². The molecule has 3 aliphatic rings. The van der Waals surface area contributed by atoms with E-state index >= 15 is 0 Å². The van der Waals surface area contributed by atoms with Crippen LogP contribution in [0.1, 0.15) is 60.3 Å². The van der Waals surface area contributed by atoms with Gasteiger partial charge in [-0.15, -0.1) is 0 Å². The van der Waals surface area contributed by atoms with E-state index in [2.05, 4.69) is 33.8 Å². The van der Waals surface area contributed by atoms with Gasteiger partial charge in [0.1, 0.15) is 0 Å². The summed E-state index contributed by atoms with van der Waals surface area (Å²) in [4.78, 5) is 0. The van der Waals surface area contributed by atoms with E-state index in [0.717, 1.165) is 18.4 Å². The lowest BCUT2D eigenvalue weighted by Gasteiger charge is -2.57. The SMILES string of the molecule is CC1=C[C@@H]2[C@H]3[C@@H](C(C)C)CC[C@]3(C)C[C@@H](O)[C@@]2(C)[C@@H](O)[C@@H](O)C1. The summed E-state index contributed by atoms with van der Waals surface area (Å²) in [6.07, 6.45) is 3.70. The van der Waals surface area contributed by atoms with Crippen LogP contribution in [0.5, 0.6) is 0 Å². The largest absolute Gasteiger partial charge is 0.392 e. The molecule has 0 spiro atoms. The maximum Gasteiger partial charge on any atom is 0.0886 e. The van der Waals surface area contributed by atoms with Gasteiger partial charge in [-0.05, 0) is 61.7 Å². The Balaban J connectivity index is 2.12. The van der Waals surface area contributed by atoms with Gasteiger partial charge in [0.2, 0.25) is 0 Å². The molecule has 3 heteroatoms. The fourth-order valence-corrected chi connectivity index (χ4v) is 6.22. The molecule has 8 atom stereocenters. The lowest BCUT2D eigenvalue weighted by molar-refractivity contribution is -0.184. The van der Waals surface area contributed by atoms with Crippen LogP contribution in [0.15, 0.2) is 11.6 Å². The number of aliphatic hydroxyl groups excluding tert-OH is 3. The van der Waals surface area contributed by atoms with Crippen LogP contribution >= 0.6 is 0 Å². The zero-order chi connectivity index (χ0) is 17.2. The molecule has 23 heavy (non-hydrogen) atoms. The van der Waals surface area contributed by atoms with Gasteiger partial charge in [0.05, 0.1) is 18.3 Å². The van der Waals surface area contributed by atoms with E-state index in [4.69, 9.17) is 0 Å². The second-order valence-corrected chi connectivity index (χ2v) is 9.47. The van der Waals surface area contributed by atoms with Crippen LogP contribution in [0.4, 0.5) is 0 Å². The first kappa shape index (κ1) is 17.4. The highest BCUT2D eigenvalue weighted by Crippen LogP contribution is 2.65. The fourth-order valence-electron chi connectivity index (χ4n) is 6.22. The van der Waals surface area contributed by atoms with E-state index in [9.17, 15) is 15.3 Å². The quantitative estimate of drug-likeness (QED) is 0.650. The Labute approximate surface area is 140 Å². The van der Waals surface area contributed by atoms with Crippen molar-refractivity contribution in [3.8, 4) is 0 Å². The van der Waals surface area contributed by atoms with E-state index in [1.54, 1.807) is 0 Å². The molecule has 0 saturated heterocycles. The topological polar surface area (TPSA) is 60.7 Å². The van der Waals surface area contributed by atoms with Crippen molar-refractivity contribution in [2.24, 2.45) is 34.5 Å². The van der Waals surface area contributed by atoms with Gasteiger partial charge in [-0.1, -0.05) is 39.3 Å². The molecule has 0 amide bonds. The molecular weight excluding hydrogens is 288 g/mol. The molecule has 0 radical (unpaired) electrons. The molecular formula is C20H34O3. The Morgan fingerprint density at radius 1 is 1.17 bits per heavy atom. The predicted molar refractivity (Wildman–Crippen MR) is 91.8 cm³/mol. The minimum atomic E-state index is -0.867. The molecule has 3 aliphatic carbocycles. The van der Waals surface area contributed by atoms with Crippen molar-refractivity contribution in [3.63, 3.8) is 0 Å². The highest BCUT2D eigenvalue weighted by Gasteiger charge is 2.63. The third-order valence-electron chi connectivity index (χ3n) is 7.65. The zero-order valence-electron chi connectivity index (χ0n) is 15.3. The molecule has 3 nitrogen and oxygen atoms in total. The maximum absolute atomic E-state index is 11.0. The molecule has 0 aromatic heterocycles. The first-order valence-corrected chi connectivity index (χ1v) is 9.32. The molecule has 0 heterocycles. The van der Waals surface area contributed by atoms with Gasteiger partial charge in [0.25, 0.3) is 0 Å². The molecule has 132 valence electrons. The summed E-state index contributed by atoms with van der Waals surface area (Å²) >= 11 is 0. The highest BCUT2D eigenvalue weighted by atomic mass is 16.3. The number of hydrogen-bond donors (Lipinski definition) is 3. The molecule has 2 fully saturated rings. The standard InChI is InChI=1S/C20H34O3/c1-11(2)13-6-7-19(4)10-16(22)20(5)14(17(13)19)8-12(3)9-15(21)18(20)23/h8,11,13-18,21-23H,6-7,9-10H2,1-5H3/t13-,14-,15+,16-,17-,18+,19-,20+/m1/s1. The highest BCUT2D eigenvalue weighted by molar-refractivity contribution is 5.21. The van der Waals surface area contributed by atoms with Crippen LogP contribution in [-0.2, 0) is 0 Å². The smallest absolute Gasteiger partial charge is 0.0886 e. The first-order chi connectivity index (χ1) is 10.6. The summed E-state index contributed by atoms with van der Waals surface area (Å²) < 4.78 is 0. The van der Waals surface area contributed by atoms with Crippen LogP contribution in [0, 0.1) is 34.5 Å². The number of fused-ring (bicyclic) bond motifs is 3. The van der Waals surface area contributed by atoms with Crippen molar-refractivity contribution in [3.05, 3.63) is 11.6 Å². The van der Waals surface area contributed by atoms with E-state index in [1.807, 2.05) is 6.92 Å². The normalized spacial score (nSPS) is 53.5. The van der Waals surface area contributed by atoms with Crippen LogP contribution in [0.3, 0.4) is 0 Å². The van der Waals surface area contributed by atoms with E-state index in [1.165, 1.54) is 6.42 Å². The van der Waals surface area contributed by atoms with Crippen molar-refractivity contribution >= 4 is 0 Å². The Bertz CT molecular complexity index is 499. The van der Waals surface area contributed by atoms with Crippen LogP contribution in [-0.4, -0.2) is 33.6 Å². The Hall–Kier alpha value is -0.380. The molecule has 2 saturated carbocycles. The Morgan fingerprint density at radius 2 is 1.83 bits per heavy atom. The third kappa shape index (κ3) is 2.42. The second kappa shape index (κ2) is 5.57. The molecule has 0 aromatic carbocycles. The van der Waals surface area contributed by atoms with Crippen molar-refractivity contribution in [1.29, 1.82) is 0 Å². The molecule has 0 aromatic rings. The minimum absolute atomic E-state index is 0.137. The van der Waals surface area contributed by atoms with Gasteiger partial charge in [0.15, 0.2) is 0 Å². The van der Waals surface area contributed by atoms with Gasteiger partial charge < -0.3 is 15.3 Å². The number of rotatable bonds is 1. The summed E-state index contributed by atoms with van der Waals surface area (Å²) in [7, 11) is 0. The van der Waals surface area contributed by atoms with Gasteiger partial charge in [-0.2, -0.15) is 0 Å². The third-order valence-corrected chi connectivity index (χ3v) is 7.65. The molecule has 3 N–H and O–H groups in total. The fraction of sp³-hybridized carbons (Fsp3) is 0.900. The molecule has 0 unspecified atom stereocenters. The van der Waals surface area contributed by atoms with Crippen molar-refractivity contribution in [1.82, 2.24) is 0 Å². The van der Waals surface area contributed by atoms with Gasteiger partial charge >= 0.3 is 0 Å². The Morgan fingerprint density at radius 3 is 2.43 bits per heavy atom. The van der Waals surface area contributed by atoms with Crippen molar-refractivity contribution < 1.29 is 15.3 Å². The number of allylic oxidation sites excluding steroid dienone is 1. The maximum atomic E-state index is 11.0. The average molecular weight is 322 g/mol. The lowest BCUT2D eigenvalue weighted by Crippen LogP contribution is -2.60. The summed E-state index contributed by atoms with van der Waals surface area (Å²) in [6, 6.07) is 0. The molecule has 3 rings (SSSR count). The second-order valence-electron chi connectivity index (χ2n) is 9.47. The number of hydrogen-bond acceptors (Lipinski definition) is 3. The van der Waals surface area contributed by atoms with Crippen molar-refractivity contribution in [2.75, 3.05) is 0 Å². The predicted octanol–water partition coefficient (Wildman–Crippen LogP) is 3.13. The summed E-state index contributed by atoms with van der Waals surface area (Å²) in [5, 5.41) is 32.3. The van der Waals surface area contributed by atoms with Crippen LogP contribution in [0.25, 0.3) is 0 Å².